The van der Waals surface area contributed by atoms with Crippen LogP contribution in [0, 0.1) is 10.1 Å². The first-order valence-corrected chi connectivity index (χ1v) is 5.67. The fraction of sp³-hybridized carbons (Fsp3) is 0.231. The molecule has 2 rings (SSSR count). The Morgan fingerprint density at radius 1 is 1.33 bits per heavy atom. The predicted molar refractivity (Wildman–Crippen MR) is 67.1 cm³/mol. The standard InChI is InChI=1S/C13H14N2O3/c1-10(14-9-11-5-4-8-18-11)12-6-2-3-7-13(12)15(16)17/h2-8,10,14H,9H2,1H3. The molecule has 0 aliphatic heterocycles. The lowest BCUT2D eigenvalue weighted by Gasteiger charge is -2.13. The highest BCUT2D eigenvalue weighted by atomic mass is 16.6. The molecule has 94 valence electrons. The number of nitro benzene ring substituents is 1. The quantitative estimate of drug-likeness (QED) is 0.650. The molecule has 18 heavy (non-hydrogen) atoms. The molecule has 0 saturated carbocycles. The Morgan fingerprint density at radius 2 is 2.11 bits per heavy atom. The van der Waals surface area contributed by atoms with Gasteiger partial charge < -0.3 is 9.73 Å². The van der Waals surface area contributed by atoms with Crippen molar-refractivity contribution in [2.24, 2.45) is 0 Å². The smallest absolute Gasteiger partial charge is 0.274 e. The molecule has 1 aromatic carbocycles. The fourth-order valence-electron chi connectivity index (χ4n) is 1.80. The molecule has 0 aliphatic rings. The molecule has 1 aromatic heterocycles. The minimum absolute atomic E-state index is 0.114. The SMILES string of the molecule is CC(NCc1ccco1)c1ccccc1[N+](=O)[O-]. The summed E-state index contributed by atoms with van der Waals surface area (Å²) in [6.45, 7) is 2.44. The fourth-order valence-corrected chi connectivity index (χ4v) is 1.80. The van der Waals surface area contributed by atoms with Gasteiger partial charge in [0.25, 0.3) is 5.69 Å². The molecule has 0 amide bonds. The van der Waals surface area contributed by atoms with E-state index in [1.54, 1.807) is 24.5 Å². The average molecular weight is 246 g/mol. The van der Waals surface area contributed by atoms with Crippen molar-refractivity contribution in [3.8, 4) is 0 Å². The van der Waals surface area contributed by atoms with E-state index in [0.29, 0.717) is 12.1 Å². The number of nitrogens with zero attached hydrogens (tertiary/aromatic N) is 1. The van der Waals surface area contributed by atoms with Gasteiger partial charge in [0.2, 0.25) is 0 Å². The van der Waals surface area contributed by atoms with Crippen molar-refractivity contribution in [2.75, 3.05) is 0 Å². The Hall–Kier alpha value is -2.14. The second-order valence-corrected chi connectivity index (χ2v) is 4.00. The molecule has 0 saturated heterocycles. The molecule has 5 nitrogen and oxygen atoms in total. The Bertz CT molecular complexity index is 523. The number of hydrogen-bond donors (Lipinski definition) is 1. The topological polar surface area (TPSA) is 68.3 Å². The van der Waals surface area contributed by atoms with Gasteiger partial charge in [-0.1, -0.05) is 18.2 Å². The highest BCUT2D eigenvalue weighted by molar-refractivity contribution is 5.41. The number of benzene rings is 1. The lowest BCUT2D eigenvalue weighted by atomic mass is 10.1. The second kappa shape index (κ2) is 5.46. The van der Waals surface area contributed by atoms with Crippen molar-refractivity contribution in [1.82, 2.24) is 5.32 Å². The van der Waals surface area contributed by atoms with Crippen LogP contribution in [0.25, 0.3) is 0 Å². The van der Waals surface area contributed by atoms with Crippen LogP contribution in [-0.4, -0.2) is 4.92 Å². The van der Waals surface area contributed by atoms with Crippen molar-refractivity contribution in [2.45, 2.75) is 19.5 Å². The van der Waals surface area contributed by atoms with Crippen LogP contribution in [0.15, 0.2) is 47.1 Å². The van der Waals surface area contributed by atoms with Gasteiger partial charge in [0, 0.05) is 17.7 Å². The molecule has 0 radical (unpaired) electrons. The summed E-state index contributed by atoms with van der Waals surface area (Å²) in [5.74, 6) is 0.806. The van der Waals surface area contributed by atoms with Crippen LogP contribution in [0.3, 0.4) is 0 Å². The molecule has 0 fully saturated rings. The maximum atomic E-state index is 10.9. The van der Waals surface area contributed by atoms with Gasteiger partial charge in [-0.05, 0) is 19.1 Å². The van der Waals surface area contributed by atoms with Gasteiger partial charge in [0.15, 0.2) is 0 Å². The van der Waals surface area contributed by atoms with Crippen molar-refractivity contribution in [1.29, 1.82) is 0 Å². The Morgan fingerprint density at radius 3 is 2.78 bits per heavy atom. The van der Waals surface area contributed by atoms with E-state index in [2.05, 4.69) is 5.32 Å². The third-order valence-corrected chi connectivity index (χ3v) is 2.76. The zero-order valence-electron chi connectivity index (χ0n) is 10.00. The Labute approximate surface area is 105 Å². The summed E-state index contributed by atoms with van der Waals surface area (Å²) in [4.78, 5) is 10.6. The van der Waals surface area contributed by atoms with Gasteiger partial charge in [-0.15, -0.1) is 0 Å². The van der Waals surface area contributed by atoms with E-state index in [0.717, 1.165) is 5.76 Å². The first kappa shape index (κ1) is 12.3. The average Bonchev–Trinajstić information content (AvgIpc) is 2.89. The summed E-state index contributed by atoms with van der Waals surface area (Å²) in [6.07, 6.45) is 1.60. The van der Waals surface area contributed by atoms with Crippen LogP contribution in [0.4, 0.5) is 5.69 Å². The van der Waals surface area contributed by atoms with E-state index in [1.807, 2.05) is 19.1 Å². The number of nitrogens with one attached hydrogen (secondary N) is 1. The van der Waals surface area contributed by atoms with Crippen molar-refractivity contribution in [3.63, 3.8) is 0 Å². The molecule has 5 heteroatoms. The maximum Gasteiger partial charge on any atom is 0.274 e. The summed E-state index contributed by atoms with van der Waals surface area (Å²) >= 11 is 0. The van der Waals surface area contributed by atoms with E-state index >= 15 is 0 Å². The number of para-hydroxylation sites is 1. The van der Waals surface area contributed by atoms with Crippen molar-refractivity contribution in [3.05, 3.63) is 64.1 Å². The number of furan rings is 1. The minimum atomic E-state index is -0.361. The van der Waals surface area contributed by atoms with E-state index in [1.165, 1.54) is 6.07 Å². The van der Waals surface area contributed by atoms with Crippen molar-refractivity contribution < 1.29 is 9.34 Å². The monoisotopic (exact) mass is 246 g/mol. The molecular formula is C13H14N2O3. The lowest BCUT2D eigenvalue weighted by Crippen LogP contribution is -2.18. The third-order valence-electron chi connectivity index (χ3n) is 2.76. The molecule has 1 unspecified atom stereocenters. The Kier molecular flexibility index (Phi) is 3.74. The molecule has 0 aliphatic carbocycles. The zero-order chi connectivity index (χ0) is 13.0. The van der Waals surface area contributed by atoms with Gasteiger partial charge >= 0.3 is 0 Å². The normalized spacial score (nSPS) is 12.3. The van der Waals surface area contributed by atoms with E-state index in [-0.39, 0.29) is 16.7 Å². The van der Waals surface area contributed by atoms with E-state index in [9.17, 15) is 10.1 Å². The van der Waals surface area contributed by atoms with Crippen LogP contribution < -0.4 is 5.32 Å². The summed E-state index contributed by atoms with van der Waals surface area (Å²) in [7, 11) is 0. The molecule has 2 aromatic rings. The molecule has 0 bridgehead atoms. The van der Waals surface area contributed by atoms with Gasteiger partial charge in [-0.2, -0.15) is 0 Å². The summed E-state index contributed by atoms with van der Waals surface area (Å²) < 4.78 is 5.20. The number of nitro groups is 1. The minimum Gasteiger partial charge on any atom is -0.468 e. The molecule has 1 atom stereocenters. The predicted octanol–water partition coefficient (Wildman–Crippen LogP) is 3.04. The van der Waals surface area contributed by atoms with Crippen molar-refractivity contribution >= 4 is 5.69 Å². The van der Waals surface area contributed by atoms with Gasteiger partial charge in [-0.3, -0.25) is 10.1 Å². The first-order valence-electron chi connectivity index (χ1n) is 5.67. The van der Waals surface area contributed by atoms with Gasteiger partial charge in [0.1, 0.15) is 5.76 Å². The van der Waals surface area contributed by atoms with Crippen LogP contribution >= 0.6 is 0 Å². The zero-order valence-corrected chi connectivity index (χ0v) is 10.00. The first-order chi connectivity index (χ1) is 8.68. The van der Waals surface area contributed by atoms with E-state index in [4.69, 9.17) is 4.42 Å². The number of rotatable bonds is 5. The van der Waals surface area contributed by atoms with Crippen LogP contribution in [-0.2, 0) is 6.54 Å². The highest BCUT2D eigenvalue weighted by Crippen LogP contribution is 2.24. The van der Waals surface area contributed by atoms with Gasteiger partial charge in [-0.25, -0.2) is 0 Å². The maximum absolute atomic E-state index is 10.9. The Balaban J connectivity index is 2.09. The molecule has 0 spiro atoms. The van der Waals surface area contributed by atoms with Crippen LogP contribution in [0.5, 0.6) is 0 Å². The lowest BCUT2D eigenvalue weighted by molar-refractivity contribution is -0.385. The van der Waals surface area contributed by atoms with E-state index < -0.39 is 0 Å². The molecule has 1 N–H and O–H groups in total. The summed E-state index contributed by atoms with van der Waals surface area (Å²) in [5, 5.41) is 14.1. The van der Waals surface area contributed by atoms with Gasteiger partial charge in [0.05, 0.1) is 17.7 Å². The third kappa shape index (κ3) is 2.75. The second-order valence-electron chi connectivity index (χ2n) is 4.00. The summed E-state index contributed by atoms with van der Waals surface area (Å²) in [6, 6.07) is 10.3. The number of hydrogen-bond acceptors (Lipinski definition) is 4. The van der Waals surface area contributed by atoms with Crippen LogP contribution in [0.1, 0.15) is 24.3 Å². The molecule has 1 heterocycles. The summed E-state index contributed by atoms with van der Waals surface area (Å²) in [5.41, 5.74) is 0.811. The largest absolute Gasteiger partial charge is 0.468 e. The van der Waals surface area contributed by atoms with Crippen LogP contribution in [0.2, 0.25) is 0 Å². The molecular weight excluding hydrogens is 232 g/mol. The highest BCUT2D eigenvalue weighted by Gasteiger charge is 2.17.